The number of aliphatic hydroxyl groups is 1. The first-order chi connectivity index (χ1) is 20.5. The Bertz CT molecular complexity index is 1430. The number of hydrogen-bond donors (Lipinski definition) is 3. The zero-order valence-electron chi connectivity index (χ0n) is 25.3. The van der Waals surface area contributed by atoms with E-state index >= 15 is 0 Å². The van der Waals surface area contributed by atoms with Crippen molar-refractivity contribution in [1.82, 2.24) is 9.62 Å². The largest absolute Gasteiger partial charge is 0.504 e. The minimum Gasteiger partial charge on any atom is -0.504 e. The van der Waals surface area contributed by atoms with Crippen LogP contribution in [-0.2, 0) is 27.7 Å². The van der Waals surface area contributed by atoms with E-state index in [0.29, 0.717) is 23.5 Å². The van der Waals surface area contributed by atoms with Crippen molar-refractivity contribution >= 4 is 15.9 Å². The third-order valence-electron chi connectivity index (χ3n) is 6.97. The molecule has 3 aromatic rings. The van der Waals surface area contributed by atoms with Crippen LogP contribution in [0.5, 0.6) is 23.0 Å². The van der Waals surface area contributed by atoms with E-state index in [4.69, 9.17) is 14.2 Å². The number of nitrogens with one attached hydrogen (secondary N) is 1. The van der Waals surface area contributed by atoms with Crippen molar-refractivity contribution < 1.29 is 37.6 Å². The first-order valence-corrected chi connectivity index (χ1v) is 15.5. The number of phenols is 1. The Balaban J connectivity index is 1.82. The van der Waals surface area contributed by atoms with Gasteiger partial charge >= 0.3 is 0 Å². The molecule has 234 valence electrons. The zero-order chi connectivity index (χ0) is 31.6. The summed E-state index contributed by atoms with van der Waals surface area (Å²) in [6, 6.07) is 17.8. The number of ether oxygens (including phenoxy) is 3. The average Bonchev–Trinajstić information content (AvgIpc) is 2.99. The fourth-order valence-corrected chi connectivity index (χ4v) is 6.35. The fraction of sp³-hybridized carbons (Fsp3) is 0.406. The van der Waals surface area contributed by atoms with Crippen molar-refractivity contribution in [2.75, 3.05) is 34.4 Å². The van der Waals surface area contributed by atoms with E-state index < -0.39 is 22.2 Å². The first-order valence-electron chi connectivity index (χ1n) is 14.1. The molecule has 11 heteroatoms. The summed E-state index contributed by atoms with van der Waals surface area (Å²) in [7, 11) is 0.456. The standard InChI is InChI=1S/C32H42N2O8S/c1-22(2)20-34(43(38,39)26-14-12-25(40-3)13-15-26)21-29(36)27(17-23-9-7-6-8-10-23)33-32(37)16-11-24-18-31(42-5)28(35)19-30(24)41-4/h6-10,12-15,18-19,22,27,29,35-36H,11,16-17,20-21H2,1-5H3,(H,33,37)/t27-,29+/m0/s1. The summed E-state index contributed by atoms with van der Waals surface area (Å²) >= 11 is 0. The summed E-state index contributed by atoms with van der Waals surface area (Å²) in [5.74, 6) is 0.789. The van der Waals surface area contributed by atoms with Gasteiger partial charge in [-0.25, -0.2) is 8.42 Å². The van der Waals surface area contributed by atoms with Crippen LogP contribution in [0.15, 0.2) is 71.6 Å². The molecule has 0 unspecified atom stereocenters. The van der Waals surface area contributed by atoms with Gasteiger partial charge in [-0.1, -0.05) is 44.2 Å². The number of amides is 1. The van der Waals surface area contributed by atoms with Crippen molar-refractivity contribution in [1.29, 1.82) is 0 Å². The lowest BCUT2D eigenvalue weighted by Gasteiger charge is -2.31. The minimum absolute atomic E-state index is 0.0142. The zero-order valence-corrected chi connectivity index (χ0v) is 26.1. The molecule has 0 saturated heterocycles. The Kier molecular flexibility index (Phi) is 12.2. The van der Waals surface area contributed by atoms with Crippen molar-refractivity contribution in [3.63, 3.8) is 0 Å². The number of sulfonamides is 1. The maximum atomic E-state index is 13.6. The van der Waals surface area contributed by atoms with Crippen LogP contribution in [0.2, 0.25) is 0 Å². The van der Waals surface area contributed by atoms with Gasteiger partial charge in [-0.15, -0.1) is 0 Å². The molecule has 3 rings (SSSR count). The molecule has 0 heterocycles. The molecular weight excluding hydrogens is 572 g/mol. The van der Waals surface area contributed by atoms with Crippen molar-refractivity contribution in [2.24, 2.45) is 5.92 Å². The molecule has 0 spiro atoms. The van der Waals surface area contributed by atoms with E-state index in [9.17, 15) is 23.4 Å². The molecule has 0 aliphatic carbocycles. The SMILES string of the molecule is COc1ccc(S(=O)(=O)N(CC(C)C)C[C@@H](O)[C@H](Cc2ccccc2)NC(=O)CCc2cc(OC)c(O)cc2OC)cc1. The number of methoxy groups -OCH3 is 3. The van der Waals surface area contributed by atoms with Gasteiger partial charge in [-0.2, -0.15) is 4.31 Å². The molecular formula is C32H42N2O8S. The first kappa shape index (κ1) is 33.7. The van der Waals surface area contributed by atoms with Gasteiger partial charge < -0.3 is 29.7 Å². The molecule has 0 aliphatic heterocycles. The second-order valence-electron chi connectivity index (χ2n) is 10.7. The number of nitrogens with zero attached hydrogens (tertiary/aromatic N) is 1. The topological polar surface area (TPSA) is 135 Å². The normalized spacial score (nSPS) is 13.0. The predicted molar refractivity (Wildman–Crippen MR) is 164 cm³/mol. The van der Waals surface area contributed by atoms with Crippen molar-refractivity contribution in [3.8, 4) is 23.0 Å². The van der Waals surface area contributed by atoms with Gasteiger partial charge in [0.15, 0.2) is 11.5 Å². The summed E-state index contributed by atoms with van der Waals surface area (Å²) in [6.45, 7) is 3.77. The predicted octanol–water partition coefficient (Wildman–Crippen LogP) is 3.79. The second-order valence-corrected chi connectivity index (χ2v) is 12.6. The lowest BCUT2D eigenvalue weighted by Crippen LogP contribution is -2.51. The molecule has 0 aromatic heterocycles. The molecule has 10 nitrogen and oxygen atoms in total. The quantitative estimate of drug-likeness (QED) is 0.222. The van der Waals surface area contributed by atoms with Crippen LogP contribution in [0.4, 0.5) is 0 Å². The number of carbonyl (C=O) groups is 1. The summed E-state index contributed by atoms with van der Waals surface area (Å²) in [4.78, 5) is 13.3. The molecule has 3 N–H and O–H groups in total. The number of carbonyl (C=O) groups excluding carboxylic acids is 1. The summed E-state index contributed by atoms with van der Waals surface area (Å²) in [6.07, 6.45) is -0.575. The number of benzene rings is 3. The van der Waals surface area contributed by atoms with Gasteiger partial charge in [0, 0.05) is 25.6 Å². The smallest absolute Gasteiger partial charge is 0.243 e. The summed E-state index contributed by atoms with van der Waals surface area (Å²) in [5.41, 5.74) is 1.55. The Morgan fingerprint density at radius 2 is 1.56 bits per heavy atom. The van der Waals surface area contributed by atoms with E-state index in [0.717, 1.165) is 5.56 Å². The molecule has 0 aliphatic rings. The maximum absolute atomic E-state index is 13.6. The number of aryl methyl sites for hydroxylation is 1. The number of rotatable bonds is 16. The third kappa shape index (κ3) is 9.34. The monoisotopic (exact) mass is 614 g/mol. The summed E-state index contributed by atoms with van der Waals surface area (Å²) in [5, 5.41) is 24.4. The average molecular weight is 615 g/mol. The lowest BCUT2D eigenvalue weighted by atomic mass is 10.00. The second kappa shape index (κ2) is 15.6. The van der Waals surface area contributed by atoms with Gasteiger partial charge in [-0.3, -0.25) is 4.79 Å². The van der Waals surface area contributed by atoms with Crippen LogP contribution < -0.4 is 19.5 Å². The Hall–Kier alpha value is -3.80. The van der Waals surface area contributed by atoms with E-state index in [2.05, 4.69) is 5.32 Å². The van der Waals surface area contributed by atoms with Crippen LogP contribution >= 0.6 is 0 Å². The highest BCUT2D eigenvalue weighted by molar-refractivity contribution is 7.89. The molecule has 0 fully saturated rings. The van der Waals surface area contributed by atoms with E-state index in [-0.39, 0.29) is 54.2 Å². The highest BCUT2D eigenvalue weighted by atomic mass is 32.2. The van der Waals surface area contributed by atoms with Crippen molar-refractivity contribution in [3.05, 3.63) is 77.9 Å². The molecule has 2 atom stereocenters. The molecule has 3 aromatic carbocycles. The highest BCUT2D eigenvalue weighted by Crippen LogP contribution is 2.34. The van der Waals surface area contributed by atoms with Crippen LogP contribution in [0.1, 0.15) is 31.4 Å². The van der Waals surface area contributed by atoms with E-state index in [1.165, 1.54) is 43.8 Å². The van der Waals surface area contributed by atoms with Gasteiger partial charge in [0.05, 0.1) is 38.4 Å². The molecule has 0 radical (unpaired) electrons. The third-order valence-corrected chi connectivity index (χ3v) is 8.82. The Labute approximate surface area is 254 Å². The van der Waals surface area contributed by atoms with Gasteiger partial charge in [0.1, 0.15) is 11.5 Å². The van der Waals surface area contributed by atoms with Crippen LogP contribution in [0, 0.1) is 5.92 Å². The Morgan fingerprint density at radius 3 is 2.14 bits per heavy atom. The fourth-order valence-electron chi connectivity index (χ4n) is 4.73. The van der Waals surface area contributed by atoms with Crippen LogP contribution in [-0.4, -0.2) is 75.4 Å². The molecule has 0 saturated carbocycles. The van der Waals surface area contributed by atoms with E-state index in [1.54, 1.807) is 18.2 Å². The molecule has 0 bridgehead atoms. The van der Waals surface area contributed by atoms with Crippen molar-refractivity contribution in [2.45, 2.75) is 50.2 Å². The number of phenolic OH excluding ortho intramolecular Hbond substituents is 1. The van der Waals surface area contributed by atoms with Crippen LogP contribution in [0.25, 0.3) is 0 Å². The lowest BCUT2D eigenvalue weighted by molar-refractivity contribution is -0.122. The van der Waals surface area contributed by atoms with Gasteiger partial charge in [-0.05, 0) is 60.2 Å². The van der Waals surface area contributed by atoms with Gasteiger partial charge in [0.25, 0.3) is 0 Å². The number of aliphatic hydroxyl groups excluding tert-OH is 1. The summed E-state index contributed by atoms with van der Waals surface area (Å²) < 4.78 is 44.3. The number of hydrogen-bond acceptors (Lipinski definition) is 8. The van der Waals surface area contributed by atoms with E-state index in [1.807, 2.05) is 44.2 Å². The van der Waals surface area contributed by atoms with Crippen LogP contribution in [0.3, 0.4) is 0 Å². The molecule has 43 heavy (non-hydrogen) atoms. The molecule has 1 amide bonds. The Morgan fingerprint density at radius 1 is 0.907 bits per heavy atom. The maximum Gasteiger partial charge on any atom is 0.243 e. The van der Waals surface area contributed by atoms with Gasteiger partial charge in [0.2, 0.25) is 15.9 Å². The number of aromatic hydroxyl groups is 1. The minimum atomic E-state index is -3.96. The highest BCUT2D eigenvalue weighted by Gasteiger charge is 2.31.